The van der Waals surface area contributed by atoms with Gasteiger partial charge in [0.1, 0.15) is 5.52 Å². The third-order valence-corrected chi connectivity index (χ3v) is 2.94. The Kier molecular flexibility index (Phi) is 3.30. The molecule has 3 aromatic heterocycles. The van der Waals surface area contributed by atoms with Crippen molar-refractivity contribution >= 4 is 17.4 Å². The minimum atomic E-state index is -0.581. The fourth-order valence-corrected chi connectivity index (χ4v) is 1.93. The first-order chi connectivity index (χ1) is 10.6. The molecule has 112 valence electrons. The van der Waals surface area contributed by atoms with Gasteiger partial charge in [-0.15, -0.1) is 0 Å². The fraction of sp³-hybridized carbons (Fsp3) is 0.154. The van der Waals surface area contributed by atoms with Crippen LogP contribution >= 0.6 is 0 Å². The Morgan fingerprint density at radius 1 is 1.41 bits per heavy atom. The van der Waals surface area contributed by atoms with Gasteiger partial charge in [-0.1, -0.05) is 0 Å². The van der Waals surface area contributed by atoms with Crippen molar-refractivity contribution in [2.45, 2.75) is 6.92 Å². The van der Waals surface area contributed by atoms with Crippen LogP contribution in [0.15, 0.2) is 29.5 Å². The van der Waals surface area contributed by atoms with Gasteiger partial charge in [0.15, 0.2) is 5.69 Å². The normalized spacial score (nSPS) is 10.8. The summed E-state index contributed by atoms with van der Waals surface area (Å²) >= 11 is 0. The minimum absolute atomic E-state index is 0.0676. The largest absolute Gasteiger partial charge is 0.461 e. The first-order valence-electron chi connectivity index (χ1n) is 6.46. The summed E-state index contributed by atoms with van der Waals surface area (Å²) in [7, 11) is 0. The van der Waals surface area contributed by atoms with E-state index in [-0.39, 0.29) is 23.8 Å². The van der Waals surface area contributed by atoms with Gasteiger partial charge in [0.05, 0.1) is 18.5 Å². The molecule has 0 radical (unpaired) electrons. The Bertz CT molecular complexity index is 896. The van der Waals surface area contributed by atoms with Gasteiger partial charge < -0.3 is 15.5 Å². The Labute approximate surface area is 123 Å². The molecule has 3 N–H and O–H groups in total. The molecule has 0 aliphatic rings. The predicted molar refractivity (Wildman–Crippen MR) is 77.2 cm³/mol. The van der Waals surface area contributed by atoms with Crippen LogP contribution in [0.3, 0.4) is 0 Å². The number of esters is 1. The average Bonchev–Trinajstić information content (AvgIpc) is 2.93. The Balaban J connectivity index is 2.10. The average molecular weight is 300 g/mol. The zero-order valence-corrected chi connectivity index (χ0v) is 11.6. The third kappa shape index (κ3) is 2.39. The van der Waals surface area contributed by atoms with Gasteiger partial charge in [0, 0.05) is 24.0 Å². The summed E-state index contributed by atoms with van der Waals surface area (Å²) in [6.07, 6.45) is 4.53. The van der Waals surface area contributed by atoms with E-state index in [0.29, 0.717) is 11.3 Å². The molecule has 0 bridgehead atoms. The smallest absolute Gasteiger partial charge is 0.358 e. The van der Waals surface area contributed by atoms with Crippen LogP contribution in [0.25, 0.3) is 16.8 Å². The van der Waals surface area contributed by atoms with E-state index in [9.17, 15) is 9.59 Å². The molecular weight excluding hydrogens is 288 g/mol. The monoisotopic (exact) mass is 300 g/mol. The quantitative estimate of drug-likeness (QED) is 0.663. The first-order valence-corrected chi connectivity index (χ1v) is 6.46. The van der Waals surface area contributed by atoms with Crippen molar-refractivity contribution in [2.75, 3.05) is 12.3 Å². The van der Waals surface area contributed by atoms with Crippen LogP contribution in [-0.4, -0.2) is 37.1 Å². The highest BCUT2D eigenvalue weighted by Crippen LogP contribution is 2.14. The maximum absolute atomic E-state index is 12.1. The van der Waals surface area contributed by atoms with Crippen molar-refractivity contribution in [2.24, 2.45) is 0 Å². The number of ether oxygens (including phenoxy) is 1. The molecule has 0 fully saturated rings. The molecule has 3 heterocycles. The Hall–Kier alpha value is -3.23. The van der Waals surface area contributed by atoms with Crippen LogP contribution in [-0.2, 0) is 4.74 Å². The number of rotatable bonds is 3. The molecule has 3 aromatic rings. The highest BCUT2D eigenvalue weighted by Gasteiger charge is 2.14. The fourth-order valence-electron chi connectivity index (χ4n) is 1.93. The SMILES string of the molecule is CCOC(=O)c1cc2c(=O)[nH]c(-c3cnc(N)nc3)cn2n1. The number of H-pyrrole nitrogens is 1. The number of nitrogens with two attached hydrogens (primary N) is 1. The lowest BCUT2D eigenvalue weighted by Crippen LogP contribution is -2.11. The molecule has 0 atom stereocenters. The second-order valence-corrected chi connectivity index (χ2v) is 4.41. The third-order valence-electron chi connectivity index (χ3n) is 2.94. The van der Waals surface area contributed by atoms with E-state index in [4.69, 9.17) is 10.5 Å². The number of nitrogens with one attached hydrogen (secondary N) is 1. The zero-order chi connectivity index (χ0) is 15.7. The summed E-state index contributed by atoms with van der Waals surface area (Å²) in [5.74, 6) is -0.446. The van der Waals surface area contributed by atoms with Crippen LogP contribution in [0, 0.1) is 0 Å². The van der Waals surface area contributed by atoms with Gasteiger partial charge in [-0.3, -0.25) is 4.79 Å². The topological polar surface area (TPSA) is 128 Å². The molecule has 0 aromatic carbocycles. The molecule has 0 saturated carbocycles. The number of aromatic nitrogens is 5. The van der Waals surface area contributed by atoms with Crippen molar-refractivity contribution in [1.29, 1.82) is 0 Å². The summed E-state index contributed by atoms with van der Waals surface area (Å²) in [5.41, 5.74) is 6.37. The molecule has 0 aliphatic heterocycles. The van der Waals surface area contributed by atoms with E-state index in [2.05, 4.69) is 20.1 Å². The van der Waals surface area contributed by atoms with E-state index < -0.39 is 11.5 Å². The zero-order valence-electron chi connectivity index (χ0n) is 11.6. The number of hydrogen-bond acceptors (Lipinski definition) is 7. The van der Waals surface area contributed by atoms with E-state index in [0.717, 1.165) is 0 Å². The molecular formula is C13H12N6O3. The highest BCUT2D eigenvalue weighted by molar-refractivity contribution is 5.88. The molecule has 22 heavy (non-hydrogen) atoms. The van der Waals surface area contributed by atoms with Gasteiger partial charge in [0.2, 0.25) is 5.95 Å². The number of carbonyl (C=O) groups excluding carboxylic acids is 1. The van der Waals surface area contributed by atoms with E-state index >= 15 is 0 Å². The minimum Gasteiger partial charge on any atom is -0.461 e. The maximum atomic E-state index is 12.1. The number of nitrogens with zero attached hydrogens (tertiary/aromatic N) is 4. The number of fused-ring (bicyclic) bond motifs is 1. The summed E-state index contributed by atoms with van der Waals surface area (Å²) < 4.78 is 6.18. The Morgan fingerprint density at radius 2 is 2.14 bits per heavy atom. The van der Waals surface area contributed by atoms with Gasteiger partial charge in [-0.25, -0.2) is 19.3 Å². The molecule has 0 aliphatic carbocycles. The first kappa shape index (κ1) is 13.7. The lowest BCUT2D eigenvalue weighted by atomic mass is 10.2. The summed E-state index contributed by atoms with van der Waals surface area (Å²) in [6.45, 7) is 1.93. The number of nitrogen functional groups attached to an aromatic ring is 1. The van der Waals surface area contributed by atoms with Gasteiger partial charge in [-0.2, -0.15) is 5.10 Å². The van der Waals surface area contributed by atoms with Crippen molar-refractivity contribution in [1.82, 2.24) is 24.6 Å². The molecule has 9 nitrogen and oxygen atoms in total. The van der Waals surface area contributed by atoms with Crippen LogP contribution in [0.1, 0.15) is 17.4 Å². The molecule has 0 unspecified atom stereocenters. The number of hydrogen-bond donors (Lipinski definition) is 2. The summed E-state index contributed by atoms with van der Waals surface area (Å²) in [5, 5.41) is 4.05. The van der Waals surface area contributed by atoms with Crippen molar-refractivity contribution in [3.8, 4) is 11.3 Å². The maximum Gasteiger partial charge on any atom is 0.358 e. The summed E-state index contributed by atoms with van der Waals surface area (Å²) in [6, 6.07) is 1.38. The number of carbonyl (C=O) groups is 1. The standard InChI is InChI=1S/C13H12N6O3/c1-2-22-12(21)8-3-10-11(20)17-9(6-19(10)18-8)7-4-15-13(14)16-5-7/h3-6H,2H2,1H3,(H,17,20)(H2,14,15,16). The molecule has 0 amide bonds. The molecule has 3 rings (SSSR count). The second-order valence-electron chi connectivity index (χ2n) is 4.41. The van der Waals surface area contributed by atoms with Crippen molar-refractivity contribution in [3.63, 3.8) is 0 Å². The molecule has 0 spiro atoms. The van der Waals surface area contributed by atoms with Crippen molar-refractivity contribution < 1.29 is 9.53 Å². The van der Waals surface area contributed by atoms with Crippen LogP contribution < -0.4 is 11.3 Å². The molecule has 0 saturated heterocycles. The van der Waals surface area contributed by atoms with E-state index in [1.54, 1.807) is 13.1 Å². The van der Waals surface area contributed by atoms with E-state index in [1.165, 1.54) is 23.0 Å². The lowest BCUT2D eigenvalue weighted by molar-refractivity contribution is 0.0519. The predicted octanol–water partition coefficient (Wildman–Crippen LogP) is 0.238. The highest BCUT2D eigenvalue weighted by atomic mass is 16.5. The van der Waals surface area contributed by atoms with E-state index in [1.807, 2.05) is 0 Å². The Morgan fingerprint density at radius 3 is 2.82 bits per heavy atom. The van der Waals surface area contributed by atoms with Crippen LogP contribution in [0.4, 0.5) is 5.95 Å². The molecule has 9 heteroatoms. The number of anilines is 1. The summed E-state index contributed by atoms with van der Waals surface area (Å²) in [4.78, 5) is 34.2. The second kappa shape index (κ2) is 5.28. The van der Waals surface area contributed by atoms with Crippen molar-refractivity contribution in [3.05, 3.63) is 40.7 Å². The van der Waals surface area contributed by atoms with Gasteiger partial charge >= 0.3 is 5.97 Å². The van der Waals surface area contributed by atoms with Crippen LogP contribution in [0.2, 0.25) is 0 Å². The lowest BCUT2D eigenvalue weighted by Gasteiger charge is -2.01. The van der Waals surface area contributed by atoms with Crippen LogP contribution in [0.5, 0.6) is 0 Å². The van der Waals surface area contributed by atoms with Gasteiger partial charge in [-0.05, 0) is 6.92 Å². The number of aromatic amines is 1. The van der Waals surface area contributed by atoms with Gasteiger partial charge in [0.25, 0.3) is 5.56 Å².